The van der Waals surface area contributed by atoms with Crippen LogP contribution >= 0.6 is 11.6 Å². The Morgan fingerprint density at radius 1 is 1.22 bits per heavy atom. The third-order valence-corrected chi connectivity index (χ3v) is 5.92. The number of nitrogens with zero attached hydrogens (tertiary/aromatic N) is 3. The number of pyridine rings is 1. The summed E-state index contributed by atoms with van der Waals surface area (Å²) in [4.78, 5) is 16.8. The van der Waals surface area contributed by atoms with Crippen LogP contribution in [0.5, 0.6) is 0 Å². The fourth-order valence-electron chi connectivity index (χ4n) is 2.48. The van der Waals surface area contributed by atoms with Gasteiger partial charge in [0.1, 0.15) is 0 Å². The molecule has 0 spiro atoms. The van der Waals surface area contributed by atoms with E-state index in [-0.39, 0.29) is 22.8 Å². The van der Waals surface area contributed by atoms with Crippen LogP contribution in [-0.2, 0) is 16.4 Å². The highest BCUT2D eigenvalue weighted by Crippen LogP contribution is 2.22. The summed E-state index contributed by atoms with van der Waals surface area (Å²) in [6.45, 7) is 1.73. The first-order valence-corrected chi connectivity index (χ1v) is 10.2. The highest BCUT2D eigenvalue weighted by atomic mass is 35.5. The highest BCUT2D eigenvalue weighted by molar-refractivity contribution is 7.91. The number of halogens is 1. The molecule has 2 heterocycles. The molecule has 3 aromatic rings. The van der Waals surface area contributed by atoms with Crippen molar-refractivity contribution in [2.75, 3.05) is 5.75 Å². The zero-order chi connectivity index (χ0) is 19.4. The van der Waals surface area contributed by atoms with E-state index in [0.29, 0.717) is 10.8 Å². The summed E-state index contributed by atoms with van der Waals surface area (Å²) in [6.07, 6.45) is 5.02. The van der Waals surface area contributed by atoms with Gasteiger partial charge in [-0.25, -0.2) is 18.1 Å². The summed E-state index contributed by atoms with van der Waals surface area (Å²) >= 11 is 5.96. The first-order valence-electron chi connectivity index (χ1n) is 8.16. The van der Waals surface area contributed by atoms with Crippen LogP contribution in [0.4, 0.5) is 0 Å². The fourth-order valence-corrected chi connectivity index (χ4v) is 3.73. The normalized spacial score (nSPS) is 11.3. The zero-order valence-electron chi connectivity index (χ0n) is 14.5. The maximum absolute atomic E-state index is 12.6. The molecule has 2 aromatic heterocycles. The topological polar surface area (TPSA) is 94.0 Å². The maximum atomic E-state index is 12.6. The van der Waals surface area contributed by atoms with Crippen molar-refractivity contribution in [2.45, 2.75) is 18.4 Å². The lowest BCUT2D eigenvalue weighted by Gasteiger charge is -2.11. The second kappa shape index (κ2) is 7.89. The van der Waals surface area contributed by atoms with E-state index in [1.807, 2.05) is 0 Å². The van der Waals surface area contributed by atoms with Crippen molar-refractivity contribution < 1.29 is 13.2 Å². The molecular formula is C18H17ClN4O3S. The molecule has 0 aliphatic rings. The van der Waals surface area contributed by atoms with Crippen molar-refractivity contribution in [3.05, 3.63) is 71.1 Å². The van der Waals surface area contributed by atoms with Gasteiger partial charge in [-0.1, -0.05) is 18.5 Å². The third kappa shape index (κ3) is 4.35. The number of hydrogen-bond donors (Lipinski definition) is 1. The Hall–Kier alpha value is -2.71. The first kappa shape index (κ1) is 19.1. The van der Waals surface area contributed by atoms with Gasteiger partial charge in [0.05, 0.1) is 16.2 Å². The van der Waals surface area contributed by atoms with Crippen LogP contribution in [0, 0.1) is 0 Å². The molecule has 3 rings (SSSR count). The van der Waals surface area contributed by atoms with Crippen LogP contribution in [0.1, 0.15) is 22.8 Å². The zero-order valence-corrected chi connectivity index (χ0v) is 16.0. The van der Waals surface area contributed by atoms with Gasteiger partial charge in [0.25, 0.3) is 5.91 Å². The maximum Gasteiger partial charge on any atom is 0.252 e. The van der Waals surface area contributed by atoms with Crippen molar-refractivity contribution in [1.82, 2.24) is 20.1 Å². The van der Waals surface area contributed by atoms with Crippen molar-refractivity contribution in [2.24, 2.45) is 0 Å². The largest absolute Gasteiger partial charge is 0.348 e. The number of carbonyl (C=O) groups is 1. The van der Waals surface area contributed by atoms with E-state index in [4.69, 9.17) is 11.6 Å². The summed E-state index contributed by atoms with van der Waals surface area (Å²) in [5.74, 6) is -0.00214. The van der Waals surface area contributed by atoms with Crippen molar-refractivity contribution in [3.8, 4) is 5.82 Å². The van der Waals surface area contributed by atoms with Gasteiger partial charge in [-0.3, -0.25) is 4.79 Å². The van der Waals surface area contributed by atoms with Crippen LogP contribution in [0.3, 0.4) is 0 Å². The van der Waals surface area contributed by atoms with Crippen LogP contribution in [0.2, 0.25) is 5.02 Å². The molecule has 1 aromatic carbocycles. The van der Waals surface area contributed by atoms with E-state index >= 15 is 0 Å². The Labute approximate surface area is 161 Å². The summed E-state index contributed by atoms with van der Waals surface area (Å²) in [5.41, 5.74) is 0.830. The van der Waals surface area contributed by atoms with E-state index in [1.165, 1.54) is 25.1 Å². The summed E-state index contributed by atoms with van der Waals surface area (Å²) in [6, 6.07) is 9.51. The van der Waals surface area contributed by atoms with Crippen LogP contribution in [-0.4, -0.2) is 34.8 Å². The molecular weight excluding hydrogens is 388 g/mol. The van der Waals surface area contributed by atoms with Gasteiger partial charge in [0, 0.05) is 30.2 Å². The second-order valence-electron chi connectivity index (χ2n) is 5.70. The number of hydrogen-bond acceptors (Lipinski definition) is 5. The average Bonchev–Trinajstić information content (AvgIpc) is 3.21. The lowest BCUT2D eigenvalue weighted by molar-refractivity contribution is 0.0947. The molecule has 27 heavy (non-hydrogen) atoms. The molecule has 1 N–H and O–H groups in total. The molecule has 0 atom stereocenters. The monoisotopic (exact) mass is 404 g/mol. The average molecular weight is 405 g/mol. The highest BCUT2D eigenvalue weighted by Gasteiger charge is 2.21. The lowest BCUT2D eigenvalue weighted by Crippen LogP contribution is -2.25. The van der Waals surface area contributed by atoms with E-state index in [1.54, 1.807) is 41.5 Å². The van der Waals surface area contributed by atoms with Gasteiger partial charge in [-0.15, -0.1) is 0 Å². The molecule has 0 unspecified atom stereocenters. The van der Waals surface area contributed by atoms with Gasteiger partial charge >= 0.3 is 0 Å². The quantitative estimate of drug-likeness (QED) is 0.681. The number of sulfone groups is 1. The SMILES string of the molecule is CCS(=O)(=O)c1ccc(Cl)cc1C(=O)NCc1ccnc(-n2cccn2)c1. The first-order chi connectivity index (χ1) is 12.9. The Balaban J connectivity index is 1.81. The van der Waals surface area contributed by atoms with Gasteiger partial charge in [0.2, 0.25) is 0 Å². The Morgan fingerprint density at radius 3 is 2.74 bits per heavy atom. The van der Waals surface area contributed by atoms with E-state index in [0.717, 1.165) is 5.56 Å². The van der Waals surface area contributed by atoms with Crippen LogP contribution < -0.4 is 5.32 Å². The van der Waals surface area contributed by atoms with E-state index < -0.39 is 15.7 Å². The molecule has 0 saturated carbocycles. The summed E-state index contributed by atoms with van der Waals surface area (Å²) in [7, 11) is -3.55. The molecule has 140 valence electrons. The van der Waals surface area contributed by atoms with Gasteiger partial charge in [-0.05, 0) is 42.0 Å². The van der Waals surface area contributed by atoms with Gasteiger partial charge in [0.15, 0.2) is 15.7 Å². The molecule has 0 radical (unpaired) electrons. The Morgan fingerprint density at radius 2 is 2.04 bits per heavy atom. The molecule has 0 aliphatic carbocycles. The standard InChI is InChI=1S/C18H17ClN4O3S/c1-2-27(25,26)16-5-4-14(19)11-15(16)18(24)21-12-13-6-8-20-17(10-13)23-9-3-7-22-23/h3-11H,2,12H2,1H3,(H,21,24). The number of carbonyl (C=O) groups excluding carboxylic acids is 1. The molecule has 1 amide bonds. The predicted octanol–water partition coefficient (Wildman–Crippen LogP) is 2.64. The van der Waals surface area contributed by atoms with Gasteiger partial charge < -0.3 is 5.32 Å². The second-order valence-corrected chi connectivity index (χ2v) is 8.38. The number of nitrogens with one attached hydrogen (secondary N) is 1. The molecule has 9 heteroatoms. The smallest absolute Gasteiger partial charge is 0.252 e. The number of aromatic nitrogens is 3. The van der Waals surface area contributed by atoms with Crippen LogP contribution in [0.15, 0.2) is 59.9 Å². The third-order valence-electron chi connectivity index (χ3n) is 3.90. The summed E-state index contributed by atoms with van der Waals surface area (Å²) in [5, 5.41) is 7.14. The van der Waals surface area contributed by atoms with Crippen molar-refractivity contribution in [1.29, 1.82) is 0 Å². The van der Waals surface area contributed by atoms with E-state index in [2.05, 4.69) is 15.4 Å². The number of amides is 1. The van der Waals surface area contributed by atoms with E-state index in [9.17, 15) is 13.2 Å². The number of benzene rings is 1. The summed E-state index contributed by atoms with van der Waals surface area (Å²) < 4.78 is 26.1. The minimum Gasteiger partial charge on any atom is -0.348 e. The Kier molecular flexibility index (Phi) is 5.57. The molecule has 7 nitrogen and oxygen atoms in total. The minimum atomic E-state index is -3.55. The minimum absolute atomic E-state index is 0.0288. The van der Waals surface area contributed by atoms with Crippen molar-refractivity contribution in [3.63, 3.8) is 0 Å². The lowest BCUT2D eigenvalue weighted by atomic mass is 10.2. The molecule has 0 aliphatic heterocycles. The molecule has 0 bridgehead atoms. The Bertz CT molecular complexity index is 1070. The molecule has 0 saturated heterocycles. The molecule has 0 fully saturated rings. The van der Waals surface area contributed by atoms with Gasteiger partial charge in [-0.2, -0.15) is 5.10 Å². The van der Waals surface area contributed by atoms with Crippen molar-refractivity contribution >= 4 is 27.3 Å². The van der Waals surface area contributed by atoms with Crippen LogP contribution in [0.25, 0.3) is 5.82 Å². The fraction of sp³-hybridized carbons (Fsp3) is 0.167. The predicted molar refractivity (Wildman–Crippen MR) is 102 cm³/mol. The number of rotatable bonds is 6.